The monoisotopic (exact) mass is 418 g/mol. The van der Waals surface area contributed by atoms with E-state index in [1.54, 1.807) is 24.3 Å². The molecular formula is C23H22N4O4. The zero-order valence-electron chi connectivity index (χ0n) is 16.7. The van der Waals surface area contributed by atoms with Gasteiger partial charge in [-0.25, -0.2) is 0 Å². The molecule has 3 aliphatic rings. The van der Waals surface area contributed by atoms with Crippen molar-refractivity contribution in [3.8, 4) is 0 Å². The van der Waals surface area contributed by atoms with E-state index in [0.29, 0.717) is 17.7 Å². The highest BCUT2D eigenvalue weighted by molar-refractivity contribution is 6.15. The van der Waals surface area contributed by atoms with E-state index in [1.807, 2.05) is 30.3 Å². The highest BCUT2D eigenvalue weighted by atomic mass is 16.2. The van der Waals surface area contributed by atoms with Gasteiger partial charge in [-0.3, -0.25) is 29.4 Å². The predicted molar refractivity (Wildman–Crippen MR) is 111 cm³/mol. The number of nitrogens with zero attached hydrogens (tertiary/aromatic N) is 1. The Kier molecular flexibility index (Phi) is 4.40. The number of carbonyl (C=O) groups is 4. The van der Waals surface area contributed by atoms with Crippen molar-refractivity contribution in [3.63, 3.8) is 0 Å². The van der Waals surface area contributed by atoms with Gasteiger partial charge in [-0.15, -0.1) is 0 Å². The quantitative estimate of drug-likeness (QED) is 0.612. The Bertz CT molecular complexity index is 1100. The van der Waals surface area contributed by atoms with Crippen LogP contribution >= 0.6 is 0 Å². The maximum absolute atomic E-state index is 13.5. The molecule has 2 saturated heterocycles. The standard InChI is InChI=1S/C23H22N4O4/c24-17(28)12-16-18-19(23(26-16)14-8-4-5-9-15(14)25-22(23)31)21(30)27(20(18)29)11-10-13-6-2-1-3-7-13/h1-9,16,18-19,26H,10-12H2,(H2,24,28)(H,25,31)/t16-,18-,19-,23+/m1/s1. The number of anilines is 1. The average Bonchev–Trinajstić information content (AvgIpc) is 3.32. The van der Waals surface area contributed by atoms with Crippen LogP contribution in [0.2, 0.25) is 0 Å². The second kappa shape index (κ2) is 7.02. The summed E-state index contributed by atoms with van der Waals surface area (Å²) in [6, 6.07) is 16.0. The van der Waals surface area contributed by atoms with Gasteiger partial charge in [0.05, 0.1) is 11.8 Å². The van der Waals surface area contributed by atoms with E-state index >= 15 is 0 Å². The molecule has 8 nitrogen and oxygen atoms in total. The Morgan fingerprint density at radius 2 is 1.71 bits per heavy atom. The van der Waals surface area contributed by atoms with Gasteiger partial charge in [-0.2, -0.15) is 0 Å². The number of nitrogens with two attached hydrogens (primary N) is 1. The first-order valence-electron chi connectivity index (χ1n) is 10.3. The zero-order valence-corrected chi connectivity index (χ0v) is 16.7. The topological polar surface area (TPSA) is 122 Å². The Labute approximate surface area is 178 Å². The Morgan fingerprint density at radius 3 is 2.45 bits per heavy atom. The SMILES string of the molecule is NC(=O)C[C@H]1N[C@]2(C(=O)Nc3ccccc32)[C@H]2C(=O)N(CCc3ccccc3)C(=O)[C@H]12. The van der Waals surface area contributed by atoms with Gasteiger partial charge in [0, 0.05) is 30.3 Å². The molecule has 0 aromatic heterocycles. The molecule has 0 saturated carbocycles. The van der Waals surface area contributed by atoms with Gasteiger partial charge in [-0.1, -0.05) is 48.5 Å². The Hall–Kier alpha value is -3.52. The van der Waals surface area contributed by atoms with Crippen molar-refractivity contribution in [2.24, 2.45) is 17.6 Å². The number of amides is 4. The molecule has 4 amide bonds. The number of likely N-dealkylation sites (tertiary alicyclic amines) is 1. The van der Waals surface area contributed by atoms with E-state index < -0.39 is 35.2 Å². The van der Waals surface area contributed by atoms with Gasteiger partial charge in [-0.05, 0) is 18.1 Å². The lowest BCUT2D eigenvalue weighted by Crippen LogP contribution is -2.53. The van der Waals surface area contributed by atoms with Gasteiger partial charge in [0.25, 0.3) is 0 Å². The lowest BCUT2D eigenvalue weighted by Gasteiger charge is -2.29. The van der Waals surface area contributed by atoms with Gasteiger partial charge in [0.15, 0.2) is 0 Å². The highest BCUT2D eigenvalue weighted by Gasteiger charge is 2.70. The molecule has 4 N–H and O–H groups in total. The molecule has 0 radical (unpaired) electrons. The largest absolute Gasteiger partial charge is 0.370 e. The third kappa shape index (κ3) is 2.79. The molecule has 0 aliphatic carbocycles. The number of fused-ring (bicyclic) bond motifs is 4. The van der Waals surface area contributed by atoms with Crippen molar-refractivity contribution >= 4 is 29.3 Å². The van der Waals surface area contributed by atoms with E-state index in [4.69, 9.17) is 5.73 Å². The molecule has 2 aromatic rings. The number of hydrogen-bond acceptors (Lipinski definition) is 5. The predicted octanol–water partition coefficient (Wildman–Crippen LogP) is 0.525. The van der Waals surface area contributed by atoms with Crippen LogP contribution in [0, 0.1) is 11.8 Å². The maximum Gasteiger partial charge on any atom is 0.250 e. The summed E-state index contributed by atoms with van der Waals surface area (Å²) >= 11 is 0. The van der Waals surface area contributed by atoms with Crippen LogP contribution in [0.15, 0.2) is 54.6 Å². The number of nitrogens with one attached hydrogen (secondary N) is 2. The van der Waals surface area contributed by atoms with Crippen LogP contribution in [0.25, 0.3) is 0 Å². The summed E-state index contributed by atoms with van der Waals surface area (Å²) in [5.41, 5.74) is 6.26. The fraction of sp³-hybridized carbons (Fsp3) is 0.304. The molecule has 0 unspecified atom stereocenters. The normalized spacial score (nSPS) is 28.7. The molecule has 2 aromatic carbocycles. The second-order valence-corrected chi connectivity index (χ2v) is 8.30. The molecule has 3 aliphatic heterocycles. The van der Waals surface area contributed by atoms with Gasteiger partial charge >= 0.3 is 0 Å². The number of primary amides is 1. The number of para-hydroxylation sites is 1. The van der Waals surface area contributed by atoms with Gasteiger partial charge in [0.2, 0.25) is 23.6 Å². The zero-order chi connectivity index (χ0) is 21.8. The van der Waals surface area contributed by atoms with Crippen LogP contribution in [0.1, 0.15) is 17.5 Å². The average molecular weight is 418 g/mol. The van der Waals surface area contributed by atoms with Gasteiger partial charge < -0.3 is 11.1 Å². The van der Waals surface area contributed by atoms with Crippen LogP contribution in [0.5, 0.6) is 0 Å². The third-order valence-corrected chi connectivity index (χ3v) is 6.60. The molecule has 3 heterocycles. The summed E-state index contributed by atoms with van der Waals surface area (Å²) in [6.45, 7) is 0.220. The molecule has 31 heavy (non-hydrogen) atoms. The fourth-order valence-corrected chi connectivity index (χ4v) is 5.32. The number of imide groups is 1. The summed E-state index contributed by atoms with van der Waals surface area (Å²) in [4.78, 5) is 53.1. The number of carbonyl (C=O) groups excluding carboxylic acids is 4. The maximum atomic E-state index is 13.5. The molecule has 158 valence electrons. The lowest BCUT2D eigenvalue weighted by atomic mass is 9.76. The van der Waals surface area contributed by atoms with Crippen LogP contribution in [0.4, 0.5) is 5.69 Å². The van der Waals surface area contributed by atoms with Crippen molar-refractivity contribution in [2.45, 2.75) is 24.4 Å². The first-order chi connectivity index (χ1) is 14.9. The number of hydrogen-bond donors (Lipinski definition) is 3. The van der Waals surface area contributed by atoms with Crippen LogP contribution in [-0.2, 0) is 31.1 Å². The van der Waals surface area contributed by atoms with E-state index in [-0.39, 0.29) is 24.8 Å². The summed E-state index contributed by atoms with van der Waals surface area (Å²) in [6.07, 6.45) is 0.380. The minimum atomic E-state index is -1.39. The molecular weight excluding hydrogens is 396 g/mol. The fourth-order valence-electron chi connectivity index (χ4n) is 5.32. The first kappa shape index (κ1) is 19.4. The Morgan fingerprint density at radius 1 is 1.00 bits per heavy atom. The number of benzene rings is 2. The van der Waals surface area contributed by atoms with E-state index in [2.05, 4.69) is 10.6 Å². The number of rotatable bonds is 5. The minimum Gasteiger partial charge on any atom is -0.370 e. The lowest BCUT2D eigenvalue weighted by molar-refractivity contribution is -0.142. The molecule has 1 spiro atoms. The smallest absolute Gasteiger partial charge is 0.250 e. The van der Waals surface area contributed by atoms with Crippen LogP contribution in [-0.4, -0.2) is 41.1 Å². The van der Waals surface area contributed by atoms with Crippen molar-refractivity contribution in [2.75, 3.05) is 11.9 Å². The van der Waals surface area contributed by atoms with Crippen LogP contribution < -0.4 is 16.4 Å². The van der Waals surface area contributed by atoms with E-state index in [9.17, 15) is 19.2 Å². The van der Waals surface area contributed by atoms with Gasteiger partial charge in [0.1, 0.15) is 5.54 Å². The van der Waals surface area contributed by atoms with Crippen molar-refractivity contribution in [1.82, 2.24) is 10.2 Å². The summed E-state index contributed by atoms with van der Waals surface area (Å²) in [7, 11) is 0. The molecule has 5 rings (SSSR count). The van der Waals surface area contributed by atoms with Crippen molar-refractivity contribution < 1.29 is 19.2 Å². The minimum absolute atomic E-state index is 0.135. The highest BCUT2D eigenvalue weighted by Crippen LogP contribution is 2.53. The van der Waals surface area contributed by atoms with Crippen LogP contribution in [0.3, 0.4) is 0 Å². The third-order valence-electron chi connectivity index (χ3n) is 6.60. The second-order valence-electron chi connectivity index (χ2n) is 8.30. The summed E-state index contributed by atoms with van der Waals surface area (Å²) < 4.78 is 0. The first-order valence-corrected chi connectivity index (χ1v) is 10.3. The molecule has 4 atom stereocenters. The Balaban J connectivity index is 1.53. The van der Waals surface area contributed by atoms with Crippen molar-refractivity contribution in [1.29, 1.82) is 0 Å². The molecule has 8 heteroatoms. The van der Waals surface area contributed by atoms with E-state index in [1.165, 1.54) is 4.90 Å². The van der Waals surface area contributed by atoms with Crippen molar-refractivity contribution in [3.05, 3.63) is 65.7 Å². The molecule has 2 fully saturated rings. The molecule has 0 bridgehead atoms. The summed E-state index contributed by atoms with van der Waals surface area (Å²) in [5.74, 6) is -3.49. The summed E-state index contributed by atoms with van der Waals surface area (Å²) in [5, 5.41) is 6.00. The van der Waals surface area contributed by atoms with E-state index in [0.717, 1.165) is 5.56 Å².